The van der Waals surface area contributed by atoms with E-state index in [1.807, 2.05) is 6.07 Å². The first-order valence-corrected chi connectivity index (χ1v) is 9.43. The van der Waals surface area contributed by atoms with Gasteiger partial charge < -0.3 is 14.5 Å². The second kappa shape index (κ2) is 8.07. The molecule has 0 aromatic carbocycles. The molecule has 3 heterocycles. The lowest BCUT2D eigenvalue weighted by Gasteiger charge is -2.41. The second-order valence-electron chi connectivity index (χ2n) is 8.05. The van der Waals surface area contributed by atoms with Crippen LogP contribution in [0.2, 0.25) is 0 Å². The fourth-order valence-corrected chi connectivity index (χ4v) is 3.32. The first-order chi connectivity index (χ1) is 13.3. The molecule has 0 amide bonds. The van der Waals surface area contributed by atoms with E-state index in [-0.39, 0.29) is 11.5 Å². The SMILES string of the molecule is COCc1cc(N2CCN(c3nccnc3C#N)CC2C)nc(C(C)(C)C)n1. The van der Waals surface area contributed by atoms with Crippen LogP contribution in [0.5, 0.6) is 0 Å². The van der Waals surface area contributed by atoms with Gasteiger partial charge in [-0.25, -0.2) is 19.9 Å². The van der Waals surface area contributed by atoms with E-state index in [1.165, 1.54) is 0 Å². The Balaban J connectivity index is 1.86. The summed E-state index contributed by atoms with van der Waals surface area (Å²) in [6.07, 6.45) is 3.18. The number of ether oxygens (including phenoxy) is 1. The largest absolute Gasteiger partial charge is 0.378 e. The average Bonchev–Trinajstić information content (AvgIpc) is 2.67. The van der Waals surface area contributed by atoms with Crippen LogP contribution in [0.15, 0.2) is 18.5 Å². The van der Waals surface area contributed by atoms with Gasteiger partial charge in [-0.3, -0.25) is 0 Å². The van der Waals surface area contributed by atoms with Crippen molar-refractivity contribution in [1.29, 1.82) is 5.26 Å². The zero-order chi connectivity index (χ0) is 20.3. The van der Waals surface area contributed by atoms with Gasteiger partial charge in [-0.1, -0.05) is 20.8 Å². The van der Waals surface area contributed by atoms with Gasteiger partial charge in [0.25, 0.3) is 0 Å². The molecule has 0 N–H and O–H groups in total. The predicted molar refractivity (Wildman–Crippen MR) is 107 cm³/mol. The molecule has 1 saturated heterocycles. The number of hydrogen-bond acceptors (Lipinski definition) is 8. The highest BCUT2D eigenvalue weighted by Gasteiger charge is 2.29. The summed E-state index contributed by atoms with van der Waals surface area (Å²) in [5.74, 6) is 2.38. The highest BCUT2D eigenvalue weighted by atomic mass is 16.5. The van der Waals surface area contributed by atoms with Crippen molar-refractivity contribution in [2.45, 2.75) is 45.8 Å². The maximum absolute atomic E-state index is 9.31. The monoisotopic (exact) mass is 381 g/mol. The van der Waals surface area contributed by atoms with Crippen molar-refractivity contribution in [3.8, 4) is 6.07 Å². The average molecular weight is 381 g/mol. The van der Waals surface area contributed by atoms with Crippen LogP contribution < -0.4 is 9.80 Å². The molecule has 2 aromatic rings. The third kappa shape index (κ3) is 4.20. The molecular formula is C20H27N7O. The van der Waals surface area contributed by atoms with Crippen LogP contribution in [0, 0.1) is 11.3 Å². The molecule has 1 fully saturated rings. The first-order valence-electron chi connectivity index (χ1n) is 9.43. The molecule has 1 aliphatic rings. The Morgan fingerprint density at radius 2 is 1.96 bits per heavy atom. The molecule has 0 spiro atoms. The molecule has 8 nitrogen and oxygen atoms in total. The summed E-state index contributed by atoms with van der Waals surface area (Å²) in [5, 5.41) is 9.31. The number of nitrogens with zero attached hydrogens (tertiary/aromatic N) is 7. The topological polar surface area (TPSA) is 91.1 Å². The van der Waals surface area contributed by atoms with Gasteiger partial charge in [0.1, 0.15) is 17.7 Å². The van der Waals surface area contributed by atoms with Crippen molar-refractivity contribution in [3.05, 3.63) is 35.7 Å². The third-order valence-corrected chi connectivity index (χ3v) is 4.73. The fraction of sp³-hybridized carbons (Fsp3) is 0.550. The Bertz CT molecular complexity index is 872. The molecule has 148 valence electrons. The van der Waals surface area contributed by atoms with E-state index in [0.717, 1.165) is 37.0 Å². The fourth-order valence-electron chi connectivity index (χ4n) is 3.32. The van der Waals surface area contributed by atoms with E-state index in [2.05, 4.69) is 58.5 Å². The standard InChI is InChI=1S/C20H27N7O/c1-14-12-26(18-16(11-21)22-6-7-23-18)8-9-27(14)17-10-15(13-28-5)24-19(25-17)20(2,3)4/h6-7,10,14H,8-9,12-13H2,1-5H3. The summed E-state index contributed by atoms with van der Waals surface area (Å²) in [6.45, 7) is 11.2. The van der Waals surface area contributed by atoms with E-state index in [9.17, 15) is 5.26 Å². The minimum Gasteiger partial charge on any atom is -0.378 e. The number of hydrogen-bond donors (Lipinski definition) is 0. The Labute approximate surface area is 166 Å². The molecule has 0 aliphatic carbocycles. The lowest BCUT2D eigenvalue weighted by molar-refractivity contribution is 0.181. The molecule has 1 atom stereocenters. The molecule has 1 unspecified atom stereocenters. The van der Waals surface area contributed by atoms with Crippen LogP contribution in [-0.2, 0) is 16.8 Å². The number of anilines is 2. The Hall–Kier alpha value is -2.79. The smallest absolute Gasteiger partial charge is 0.183 e. The molecule has 0 saturated carbocycles. The van der Waals surface area contributed by atoms with Crippen molar-refractivity contribution in [1.82, 2.24) is 19.9 Å². The maximum atomic E-state index is 9.31. The summed E-state index contributed by atoms with van der Waals surface area (Å²) >= 11 is 0. The van der Waals surface area contributed by atoms with Gasteiger partial charge in [-0.2, -0.15) is 5.26 Å². The van der Waals surface area contributed by atoms with Gasteiger partial charge in [0.15, 0.2) is 11.5 Å². The molecule has 1 aliphatic heterocycles. The third-order valence-electron chi connectivity index (χ3n) is 4.73. The highest BCUT2D eigenvalue weighted by molar-refractivity contribution is 5.52. The van der Waals surface area contributed by atoms with Crippen LogP contribution in [0.4, 0.5) is 11.6 Å². The minimum absolute atomic E-state index is 0.148. The summed E-state index contributed by atoms with van der Waals surface area (Å²) in [5.41, 5.74) is 1.10. The minimum atomic E-state index is -0.148. The molecular weight excluding hydrogens is 354 g/mol. The van der Waals surface area contributed by atoms with E-state index in [1.54, 1.807) is 19.5 Å². The van der Waals surface area contributed by atoms with Crippen LogP contribution >= 0.6 is 0 Å². The van der Waals surface area contributed by atoms with Gasteiger partial charge in [0, 0.05) is 56.7 Å². The van der Waals surface area contributed by atoms with Gasteiger partial charge in [0.2, 0.25) is 0 Å². The van der Waals surface area contributed by atoms with E-state index >= 15 is 0 Å². The predicted octanol–water partition coefficient (Wildman–Crippen LogP) is 2.30. The summed E-state index contributed by atoms with van der Waals surface area (Å²) in [4.78, 5) is 22.4. The summed E-state index contributed by atoms with van der Waals surface area (Å²) in [6, 6.07) is 4.34. The van der Waals surface area contributed by atoms with Crippen molar-refractivity contribution in [2.75, 3.05) is 36.5 Å². The van der Waals surface area contributed by atoms with E-state index < -0.39 is 0 Å². The molecule has 0 radical (unpaired) electrons. The van der Waals surface area contributed by atoms with Crippen LogP contribution in [-0.4, -0.2) is 52.7 Å². The lowest BCUT2D eigenvalue weighted by atomic mass is 9.95. The van der Waals surface area contributed by atoms with Gasteiger partial charge in [-0.15, -0.1) is 0 Å². The normalized spacial score (nSPS) is 17.5. The Kier molecular flexibility index (Phi) is 5.75. The Morgan fingerprint density at radius 1 is 1.21 bits per heavy atom. The molecule has 0 bridgehead atoms. The van der Waals surface area contributed by atoms with E-state index in [4.69, 9.17) is 9.72 Å². The van der Waals surface area contributed by atoms with Gasteiger partial charge in [0.05, 0.1) is 12.3 Å². The van der Waals surface area contributed by atoms with Crippen LogP contribution in [0.1, 0.15) is 44.9 Å². The van der Waals surface area contributed by atoms with Crippen LogP contribution in [0.3, 0.4) is 0 Å². The van der Waals surface area contributed by atoms with Crippen molar-refractivity contribution in [3.63, 3.8) is 0 Å². The summed E-state index contributed by atoms with van der Waals surface area (Å²) in [7, 11) is 1.67. The molecule has 28 heavy (non-hydrogen) atoms. The number of piperazine rings is 1. The maximum Gasteiger partial charge on any atom is 0.183 e. The zero-order valence-electron chi connectivity index (χ0n) is 17.2. The van der Waals surface area contributed by atoms with Gasteiger partial charge in [-0.05, 0) is 6.92 Å². The number of rotatable bonds is 4. The lowest BCUT2D eigenvalue weighted by Crippen LogP contribution is -2.53. The first kappa shape index (κ1) is 20.0. The number of methoxy groups -OCH3 is 1. The van der Waals surface area contributed by atoms with Crippen molar-refractivity contribution in [2.24, 2.45) is 0 Å². The molecule has 3 rings (SSSR count). The van der Waals surface area contributed by atoms with Crippen molar-refractivity contribution >= 4 is 11.6 Å². The zero-order valence-corrected chi connectivity index (χ0v) is 17.2. The molecule has 8 heteroatoms. The highest BCUT2D eigenvalue weighted by Crippen LogP contribution is 2.26. The van der Waals surface area contributed by atoms with E-state index in [0.29, 0.717) is 18.1 Å². The number of aromatic nitrogens is 4. The van der Waals surface area contributed by atoms with Crippen molar-refractivity contribution < 1.29 is 4.74 Å². The van der Waals surface area contributed by atoms with Crippen LogP contribution in [0.25, 0.3) is 0 Å². The second-order valence-corrected chi connectivity index (χ2v) is 8.05. The Morgan fingerprint density at radius 3 is 2.61 bits per heavy atom. The summed E-state index contributed by atoms with van der Waals surface area (Å²) < 4.78 is 5.30. The molecule has 2 aromatic heterocycles. The van der Waals surface area contributed by atoms with Gasteiger partial charge >= 0.3 is 0 Å². The quantitative estimate of drug-likeness (QED) is 0.797. The number of nitriles is 1.